The first kappa shape index (κ1) is 18.6. The second-order valence-electron chi connectivity index (χ2n) is 7.44. The number of aliphatic hydroxyl groups excluding tert-OH is 1. The van der Waals surface area contributed by atoms with Crippen LogP contribution in [0.2, 0.25) is 0 Å². The monoisotopic (exact) mass is 358 g/mol. The van der Waals surface area contributed by atoms with Crippen molar-refractivity contribution in [2.45, 2.75) is 45.8 Å². The van der Waals surface area contributed by atoms with Gasteiger partial charge in [0.1, 0.15) is 5.41 Å². The van der Waals surface area contributed by atoms with Gasteiger partial charge >= 0.3 is 5.97 Å². The second-order valence-corrected chi connectivity index (χ2v) is 7.44. The molecule has 1 aromatic carbocycles. The summed E-state index contributed by atoms with van der Waals surface area (Å²) in [6.45, 7) is 5.13. The Morgan fingerprint density at radius 3 is 2.85 bits per heavy atom. The van der Waals surface area contributed by atoms with Crippen LogP contribution in [0, 0.1) is 12.3 Å². The molecule has 1 aliphatic heterocycles. The highest BCUT2D eigenvalue weighted by Gasteiger charge is 2.48. The number of fused-ring (bicyclic) bond motifs is 1. The SMILES string of the molecule is CCC[C@@]1(C(=O)O)CN(Cc2cc3cc(C)ccc3[nH]c2=O)CC[C@@H]1O. The first-order valence-electron chi connectivity index (χ1n) is 9.12. The first-order valence-corrected chi connectivity index (χ1v) is 9.12. The van der Waals surface area contributed by atoms with Crippen LogP contribution in [0.5, 0.6) is 0 Å². The normalized spacial score (nSPS) is 24.0. The quantitative estimate of drug-likeness (QED) is 0.762. The Kier molecular flexibility index (Phi) is 5.16. The summed E-state index contributed by atoms with van der Waals surface area (Å²) in [5, 5.41) is 21.1. The molecule has 140 valence electrons. The van der Waals surface area contributed by atoms with Crippen LogP contribution in [0.15, 0.2) is 29.1 Å². The Morgan fingerprint density at radius 2 is 2.15 bits per heavy atom. The van der Waals surface area contributed by atoms with Crippen molar-refractivity contribution in [3.8, 4) is 0 Å². The van der Waals surface area contributed by atoms with E-state index in [1.807, 2.05) is 43.0 Å². The highest BCUT2D eigenvalue weighted by molar-refractivity contribution is 5.79. The molecule has 1 fully saturated rings. The third-order valence-corrected chi connectivity index (χ3v) is 5.46. The van der Waals surface area contributed by atoms with Gasteiger partial charge in [0.15, 0.2) is 0 Å². The summed E-state index contributed by atoms with van der Waals surface area (Å²) in [5.74, 6) is -0.959. The van der Waals surface area contributed by atoms with E-state index in [0.717, 1.165) is 16.5 Å². The molecule has 0 radical (unpaired) electrons. The van der Waals surface area contributed by atoms with Crippen molar-refractivity contribution in [2.24, 2.45) is 5.41 Å². The number of carboxylic acids is 1. The van der Waals surface area contributed by atoms with Crippen molar-refractivity contribution in [2.75, 3.05) is 13.1 Å². The van der Waals surface area contributed by atoms with Crippen molar-refractivity contribution in [3.05, 3.63) is 45.7 Å². The minimum Gasteiger partial charge on any atom is -0.481 e. The van der Waals surface area contributed by atoms with E-state index in [1.54, 1.807) is 0 Å². The molecule has 2 atom stereocenters. The maximum absolute atomic E-state index is 12.4. The number of rotatable bonds is 5. The van der Waals surface area contributed by atoms with Crippen LogP contribution in [0.25, 0.3) is 10.9 Å². The molecule has 3 N–H and O–H groups in total. The molecule has 0 spiro atoms. The zero-order valence-electron chi connectivity index (χ0n) is 15.3. The Bertz CT molecular complexity index is 876. The Morgan fingerprint density at radius 1 is 1.38 bits per heavy atom. The predicted octanol–water partition coefficient (Wildman–Crippen LogP) is 2.27. The van der Waals surface area contributed by atoms with Crippen molar-refractivity contribution in [1.29, 1.82) is 0 Å². The lowest BCUT2D eigenvalue weighted by Gasteiger charge is -2.43. The number of aromatic amines is 1. The molecule has 6 nitrogen and oxygen atoms in total. The van der Waals surface area contributed by atoms with Crippen LogP contribution in [-0.4, -0.2) is 45.3 Å². The lowest BCUT2D eigenvalue weighted by atomic mass is 9.74. The number of aliphatic carboxylic acids is 1. The minimum atomic E-state index is -1.16. The number of pyridine rings is 1. The summed E-state index contributed by atoms with van der Waals surface area (Å²) in [6.07, 6.45) is 0.658. The Labute approximate surface area is 152 Å². The number of hydrogen-bond donors (Lipinski definition) is 3. The van der Waals surface area contributed by atoms with Crippen molar-refractivity contribution >= 4 is 16.9 Å². The lowest BCUT2D eigenvalue weighted by molar-refractivity contribution is -0.164. The van der Waals surface area contributed by atoms with Gasteiger partial charge in [0.25, 0.3) is 5.56 Å². The minimum absolute atomic E-state index is 0.149. The number of H-pyrrole nitrogens is 1. The molecule has 0 unspecified atom stereocenters. The fourth-order valence-electron chi connectivity index (χ4n) is 4.04. The maximum Gasteiger partial charge on any atom is 0.313 e. The van der Waals surface area contributed by atoms with Gasteiger partial charge in [-0.1, -0.05) is 25.0 Å². The zero-order chi connectivity index (χ0) is 18.9. The van der Waals surface area contributed by atoms with E-state index in [9.17, 15) is 19.8 Å². The standard InChI is InChI=1S/C20H26N2O4/c1-3-7-20(19(25)26)12-22(8-6-17(20)23)11-15-10-14-9-13(2)4-5-16(14)21-18(15)24/h4-5,9-10,17,23H,3,6-8,11-12H2,1-2H3,(H,21,24)(H,25,26)/t17-,20+/m0/s1. The van der Waals surface area contributed by atoms with Gasteiger partial charge < -0.3 is 15.2 Å². The average molecular weight is 358 g/mol. The molecule has 1 saturated heterocycles. The molecular formula is C20H26N2O4. The van der Waals surface area contributed by atoms with Crippen molar-refractivity contribution < 1.29 is 15.0 Å². The van der Waals surface area contributed by atoms with Crippen LogP contribution in [0.4, 0.5) is 0 Å². The van der Waals surface area contributed by atoms with E-state index in [1.165, 1.54) is 0 Å². The topological polar surface area (TPSA) is 93.6 Å². The molecule has 0 saturated carbocycles. The van der Waals surface area contributed by atoms with E-state index >= 15 is 0 Å². The summed E-state index contributed by atoms with van der Waals surface area (Å²) in [5.41, 5.74) is 1.22. The largest absolute Gasteiger partial charge is 0.481 e. The molecule has 0 aliphatic carbocycles. The van der Waals surface area contributed by atoms with Crippen molar-refractivity contribution in [3.63, 3.8) is 0 Å². The molecule has 0 bridgehead atoms. The highest BCUT2D eigenvalue weighted by Crippen LogP contribution is 2.36. The summed E-state index contributed by atoms with van der Waals surface area (Å²) < 4.78 is 0. The van der Waals surface area contributed by atoms with Crippen LogP contribution in [-0.2, 0) is 11.3 Å². The maximum atomic E-state index is 12.4. The summed E-state index contributed by atoms with van der Waals surface area (Å²) in [6, 6.07) is 7.75. The number of piperidine rings is 1. The predicted molar refractivity (Wildman–Crippen MR) is 100 cm³/mol. The second kappa shape index (κ2) is 7.21. The highest BCUT2D eigenvalue weighted by atomic mass is 16.4. The van der Waals surface area contributed by atoms with Gasteiger partial charge in [-0.25, -0.2) is 0 Å². The third kappa shape index (κ3) is 3.39. The smallest absolute Gasteiger partial charge is 0.313 e. The number of carbonyl (C=O) groups is 1. The lowest BCUT2D eigenvalue weighted by Crippen LogP contribution is -2.55. The number of hydrogen-bond acceptors (Lipinski definition) is 4. The Hall–Kier alpha value is -2.18. The van der Waals surface area contributed by atoms with Gasteiger partial charge in [0.2, 0.25) is 0 Å². The number of nitrogens with zero attached hydrogens (tertiary/aromatic N) is 1. The summed E-state index contributed by atoms with van der Waals surface area (Å²) in [7, 11) is 0. The fraction of sp³-hybridized carbons (Fsp3) is 0.500. The van der Waals surface area contributed by atoms with Gasteiger partial charge in [-0.05, 0) is 43.4 Å². The molecule has 26 heavy (non-hydrogen) atoms. The molecule has 0 amide bonds. The number of carboxylic acid groups (broad SMARTS) is 1. The number of nitrogens with one attached hydrogen (secondary N) is 1. The fourth-order valence-corrected chi connectivity index (χ4v) is 4.04. The number of aromatic nitrogens is 1. The van der Waals surface area contributed by atoms with E-state index < -0.39 is 17.5 Å². The Balaban J connectivity index is 1.89. The van der Waals surface area contributed by atoms with Gasteiger partial charge in [0, 0.05) is 30.7 Å². The zero-order valence-corrected chi connectivity index (χ0v) is 15.3. The third-order valence-electron chi connectivity index (χ3n) is 5.46. The van der Waals surface area contributed by atoms with E-state index in [0.29, 0.717) is 37.9 Å². The van der Waals surface area contributed by atoms with E-state index in [4.69, 9.17) is 0 Å². The molecule has 2 heterocycles. The molecule has 2 aromatic rings. The molecule has 3 rings (SSSR count). The van der Waals surface area contributed by atoms with Crippen LogP contribution in [0.1, 0.15) is 37.3 Å². The summed E-state index contributed by atoms with van der Waals surface area (Å²) >= 11 is 0. The molecule has 1 aromatic heterocycles. The number of aryl methyl sites for hydroxylation is 1. The summed E-state index contributed by atoms with van der Waals surface area (Å²) in [4.78, 5) is 29.2. The average Bonchev–Trinajstić information content (AvgIpc) is 2.59. The van der Waals surface area contributed by atoms with Crippen LogP contribution in [0.3, 0.4) is 0 Å². The molecule has 1 aliphatic rings. The van der Waals surface area contributed by atoms with E-state index in [2.05, 4.69) is 4.98 Å². The molecule has 6 heteroatoms. The molecular weight excluding hydrogens is 332 g/mol. The van der Waals surface area contributed by atoms with Gasteiger partial charge in [-0.15, -0.1) is 0 Å². The van der Waals surface area contributed by atoms with Crippen molar-refractivity contribution in [1.82, 2.24) is 9.88 Å². The number of aliphatic hydroxyl groups is 1. The number of likely N-dealkylation sites (tertiary alicyclic amines) is 1. The number of benzene rings is 1. The van der Waals surface area contributed by atoms with Gasteiger partial charge in [-0.2, -0.15) is 0 Å². The van der Waals surface area contributed by atoms with E-state index in [-0.39, 0.29) is 12.1 Å². The van der Waals surface area contributed by atoms with Gasteiger partial charge in [-0.3, -0.25) is 14.5 Å². The van der Waals surface area contributed by atoms with Gasteiger partial charge in [0.05, 0.1) is 6.10 Å². The van der Waals surface area contributed by atoms with Crippen LogP contribution >= 0.6 is 0 Å². The van der Waals surface area contributed by atoms with Crippen LogP contribution < -0.4 is 5.56 Å². The first-order chi connectivity index (χ1) is 12.4.